The maximum absolute atomic E-state index is 6.27. The summed E-state index contributed by atoms with van der Waals surface area (Å²) in [6, 6.07) is 70.9. The van der Waals surface area contributed by atoms with Gasteiger partial charge < -0.3 is 13.6 Å². The van der Waals surface area contributed by atoms with Crippen LogP contribution >= 0.6 is 11.3 Å². The summed E-state index contributed by atoms with van der Waals surface area (Å²) in [7, 11) is 0. The van der Waals surface area contributed by atoms with Gasteiger partial charge in [0.2, 0.25) is 0 Å². The van der Waals surface area contributed by atoms with Gasteiger partial charge in [-0.2, -0.15) is 0 Å². The quantitative estimate of drug-likeness (QED) is 0.175. The lowest BCUT2D eigenvalue weighted by Gasteiger charge is -2.13. The van der Waals surface area contributed by atoms with Gasteiger partial charge in [-0.1, -0.05) is 115 Å². The summed E-state index contributed by atoms with van der Waals surface area (Å²) in [5.41, 5.74) is 13.7. The lowest BCUT2D eigenvalue weighted by Crippen LogP contribution is -1.95. The molecule has 4 heterocycles. The minimum Gasteiger partial charge on any atom is -0.456 e. The molecule has 0 aliphatic carbocycles. The Morgan fingerprint density at radius 2 is 0.914 bits per heavy atom. The van der Waals surface area contributed by atoms with Gasteiger partial charge in [0.1, 0.15) is 11.2 Å². The van der Waals surface area contributed by atoms with Gasteiger partial charge in [0.25, 0.3) is 0 Å². The van der Waals surface area contributed by atoms with E-state index in [1.54, 1.807) is 0 Å². The van der Waals surface area contributed by atoms with Crippen molar-refractivity contribution in [1.82, 2.24) is 9.13 Å². The molecule has 0 fully saturated rings. The Balaban J connectivity index is 1.06. The SMILES string of the molecule is c1ccc(-n2c3ccccc3c3cc(-c4ccc5c6ccccc6n(-c6cc(-c7ccc8oc9ccccc9c8c7)c7sc8ccccc8c7c6)c5c4)ccc32)cc1. The number of fused-ring (bicyclic) bond motifs is 12. The molecule has 4 heteroatoms. The molecule has 0 atom stereocenters. The molecule has 0 bridgehead atoms. The van der Waals surface area contributed by atoms with Crippen molar-refractivity contribution in [1.29, 1.82) is 0 Å². The van der Waals surface area contributed by atoms with E-state index in [-0.39, 0.29) is 0 Å². The summed E-state index contributed by atoms with van der Waals surface area (Å²) in [5, 5.41) is 9.82. The van der Waals surface area contributed by atoms with Gasteiger partial charge in [0.05, 0.1) is 22.1 Å². The van der Waals surface area contributed by atoms with E-state index < -0.39 is 0 Å². The normalized spacial score (nSPS) is 12.1. The third-order valence-electron chi connectivity index (χ3n) is 12.1. The fourth-order valence-corrected chi connectivity index (χ4v) is 10.7. The molecule has 13 rings (SSSR count). The Labute approximate surface area is 336 Å². The number of benzene rings is 9. The fraction of sp³-hybridized carbons (Fsp3) is 0. The second-order valence-corrected chi connectivity index (χ2v) is 16.3. The van der Waals surface area contributed by atoms with Gasteiger partial charge in [0, 0.05) is 69.4 Å². The number of thiophene rings is 1. The van der Waals surface area contributed by atoms with Crippen LogP contribution in [0, 0.1) is 0 Å². The highest BCUT2D eigenvalue weighted by Gasteiger charge is 2.20. The number of aromatic nitrogens is 2. The summed E-state index contributed by atoms with van der Waals surface area (Å²) < 4.78 is 13.7. The number of para-hydroxylation sites is 4. The van der Waals surface area contributed by atoms with Gasteiger partial charge >= 0.3 is 0 Å². The molecular formula is C54H32N2OS. The molecule has 270 valence electrons. The van der Waals surface area contributed by atoms with Gasteiger partial charge in [-0.05, 0) is 95.6 Å². The molecule has 0 saturated heterocycles. The minimum absolute atomic E-state index is 0.909. The predicted molar refractivity (Wildman–Crippen MR) is 246 cm³/mol. The summed E-state index contributed by atoms with van der Waals surface area (Å²) in [6.45, 7) is 0. The van der Waals surface area contributed by atoms with Crippen LogP contribution in [0.4, 0.5) is 0 Å². The van der Waals surface area contributed by atoms with Crippen molar-refractivity contribution in [2.24, 2.45) is 0 Å². The van der Waals surface area contributed by atoms with E-state index in [0.717, 1.165) is 27.6 Å². The topological polar surface area (TPSA) is 23.0 Å². The Morgan fingerprint density at radius 3 is 1.76 bits per heavy atom. The van der Waals surface area contributed by atoms with Crippen molar-refractivity contribution in [3.8, 4) is 33.6 Å². The number of nitrogens with zero attached hydrogens (tertiary/aromatic N) is 2. The van der Waals surface area contributed by atoms with Crippen molar-refractivity contribution in [2.45, 2.75) is 0 Å². The zero-order chi connectivity index (χ0) is 37.9. The van der Waals surface area contributed by atoms with Crippen LogP contribution in [0.15, 0.2) is 199 Å². The number of hydrogen-bond donors (Lipinski definition) is 0. The molecule has 9 aromatic carbocycles. The van der Waals surface area contributed by atoms with E-state index in [4.69, 9.17) is 4.42 Å². The molecule has 13 aromatic rings. The Hall–Kier alpha value is -7.40. The molecule has 58 heavy (non-hydrogen) atoms. The molecule has 0 spiro atoms. The average Bonchev–Trinajstić information content (AvgIpc) is 4.03. The number of hydrogen-bond acceptors (Lipinski definition) is 2. The van der Waals surface area contributed by atoms with Crippen molar-refractivity contribution in [3.63, 3.8) is 0 Å². The monoisotopic (exact) mass is 756 g/mol. The van der Waals surface area contributed by atoms with Gasteiger partial charge in [-0.25, -0.2) is 0 Å². The largest absolute Gasteiger partial charge is 0.456 e. The highest BCUT2D eigenvalue weighted by Crippen LogP contribution is 2.45. The van der Waals surface area contributed by atoms with E-state index in [9.17, 15) is 0 Å². The maximum Gasteiger partial charge on any atom is 0.135 e. The lowest BCUT2D eigenvalue weighted by molar-refractivity contribution is 0.669. The summed E-state index contributed by atoms with van der Waals surface area (Å²) in [4.78, 5) is 0. The summed E-state index contributed by atoms with van der Waals surface area (Å²) >= 11 is 1.87. The van der Waals surface area contributed by atoms with Crippen LogP contribution in [0.5, 0.6) is 0 Å². The zero-order valence-corrected chi connectivity index (χ0v) is 32.0. The minimum atomic E-state index is 0.909. The van der Waals surface area contributed by atoms with E-state index in [1.165, 1.54) is 91.7 Å². The summed E-state index contributed by atoms with van der Waals surface area (Å²) in [5.74, 6) is 0. The van der Waals surface area contributed by atoms with E-state index in [1.807, 2.05) is 17.4 Å². The van der Waals surface area contributed by atoms with E-state index >= 15 is 0 Å². The zero-order valence-electron chi connectivity index (χ0n) is 31.2. The van der Waals surface area contributed by atoms with Crippen LogP contribution in [-0.2, 0) is 0 Å². The van der Waals surface area contributed by atoms with Crippen molar-refractivity contribution in [2.75, 3.05) is 0 Å². The van der Waals surface area contributed by atoms with Crippen LogP contribution in [0.1, 0.15) is 0 Å². The van der Waals surface area contributed by atoms with Gasteiger partial charge in [-0.15, -0.1) is 11.3 Å². The first-order valence-electron chi connectivity index (χ1n) is 19.7. The molecule has 4 aromatic heterocycles. The number of rotatable bonds is 4. The predicted octanol–water partition coefficient (Wildman–Crippen LogP) is 15.5. The molecule has 0 aliphatic heterocycles. The highest BCUT2D eigenvalue weighted by molar-refractivity contribution is 7.26. The Bertz CT molecular complexity index is 3800. The molecule has 0 aliphatic rings. The van der Waals surface area contributed by atoms with Crippen LogP contribution in [-0.4, -0.2) is 9.13 Å². The van der Waals surface area contributed by atoms with Crippen molar-refractivity contribution in [3.05, 3.63) is 194 Å². The molecule has 0 radical (unpaired) electrons. The Kier molecular flexibility index (Phi) is 6.60. The molecule has 0 N–H and O–H groups in total. The van der Waals surface area contributed by atoms with Crippen LogP contribution in [0.2, 0.25) is 0 Å². The number of furan rings is 1. The van der Waals surface area contributed by atoms with Crippen molar-refractivity contribution >= 4 is 97.1 Å². The average molecular weight is 757 g/mol. The first kappa shape index (κ1) is 31.8. The van der Waals surface area contributed by atoms with Crippen LogP contribution in [0.25, 0.3) is 119 Å². The molecular weight excluding hydrogens is 725 g/mol. The van der Waals surface area contributed by atoms with Crippen molar-refractivity contribution < 1.29 is 4.42 Å². The van der Waals surface area contributed by atoms with Crippen LogP contribution in [0.3, 0.4) is 0 Å². The lowest BCUT2D eigenvalue weighted by atomic mass is 9.99. The Morgan fingerprint density at radius 1 is 0.328 bits per heavy atom. The molecule has 3 nitrogen and oxygen atoms in total. The molecule has 0 amide bonds. The first-order valence-corrected chi connectivity index (χ1v) is 20.6. The third kappa shape index (κ3) is 4.55. The summed E-state index contributed by atoms with van der Waals surface area (Å²) in [6.07, 6.45) is 0. The van der Waals surface area contributed by atoms with E-state index in [0.29, 0.717) is 0 Å². The second kappa shape index (κ2) is 12.1. The van der Waals surface area contributed by atoms with Crippen LogP contribution < -0.4 is 0 Å². The highest BCUT2D eigenvalue weighted by atomic mass is 32.1. The second-order valence-electron chi connectivity index (χ2n) is 15.3. The van der Waals surface area contributed by atoms with Gasteiger partial charge in [-0.3, -0.25) is 0 Å². The third-order valence-corrected chi connectivity index (χ3v) is 13.3. The fourth-order valence-electron chi connectivity index (χ4n) is 9.48. The smallest absolute Gasteiger partial charge is 0.135 e. The molecule has 0 saturated carbocycles. The maximum atomic E-state index is 6.27. The first-order chi connectivity index (χ1) is 28.7. The van der Waals surface area contributed by atoms with E-state index in [2.05, 4.69) is 197 Å². The standard InChI is InChI=1S/C54H32N2OS/c1-2-12-36(13-3-1)55-48-19-9-5-15-39(48)44-28-33(23-26-49(44)55)34-22-25-40-38-14-4-8-18-47(38)56(50(40)30-34)37-31-43(54-46(32-37)42-17-7-11-21-53(42)58-54)35-24-27-52-45(29-35)41-16-6-10-20-51(41)57-52/h1-32H. The van der Waals surface area contributed by atoms with Gasteiger partial charge in [0.15, 0.2) is 0 Å². The molecule has 0 unspecified atom stereocenters.